The van der Waals surface area contributed by atoms with Gasteiger partial charge >= 0.3 is 11.9 Å². The Hall–Kier alpha value is -2.24. The molecule has 0 saturated heterocycles. The SMILES string of the molecule is CCCCCCCCCCOC(=O)COc1ccccc1OC(CCCCCCCCCC)C(=O)O. The number of aliphatic carboxylic acids is 1. The number of rotatable bonds is 24. The van der Waals surface area contributed by atoms with Gasteiger partial charge in [0.1, 0.15) is 0 Å². The molecule has 1 unspecified atom stereocenters. The van der Waals surface area contributed by atoms with Crippen molar-refractivity contribution < 1.29 is 28.9 Å². The number of carbonyl (C=O) groups excluding carboxylic acids is 1. The Morgan fingerprint density at radius 3 is 1.78 bits per heavy atom. The molecule has 1 aromatic rings. The summed E-state index contributed by atoms with van der Waals surface area (Å²) < 4.78 is 16.7. The summed E-state index contributed by atoms with van der Waals surface area (Å²) in [6.07, 6.45) is 18.2. The molecule has 6 heteroatoms. The van der Waals surface area contributed by atoms with E-state index in [1.807, 2.05) is 0 Å². The van der Waals surface area contributed by atoms with Gasteiger partial charge in [-0.2, -0.15) is 0 Å². The number of carboxylic acids is 1. The molecule has 1 rings (SSSR count). The van der Waals surface area contributed by atoms with Crippen LogP contribution in [-0.4, -0.2) is 36.4 Å². The van der Waals surface area contributed by atoms with Gasteiger partial charge in [-0.25, -0.2) is 9.59 Å². The van der Waals surface area contributed by atoms with Crippen molar-refractivity contribution in [2.45, 2.75) is 129 Å². The lowest BCUT2D eigenvalue weighted by atomic mass is 10.1. The number of unbranched alkanes of at least 4 members (excludes halogenated alkanes) is 14. The second-order valence-corrected chi connectivity index (χ2v) is 9.64. The fourth-order valence-electron chi connectivity index (χ4n) is 4.12. The van der Waals surface area contributed by atoms with Gasteiger partial charge in [-0.15, -0.1) is 0 Å². The third kappa shape index (κ3) is 16.4. The van der Waals surface area contributed by atoms with Crippen LogP contribution in [0.25, 0.3) is 0 Å². The standard InChI is InChI=1S/C30H50O6/c1-3-5-7-9-11-13-15-17-23-28(30(32)33)36-27-22-19-18-21-26(27)35-25-29(31)34-24-20-16-14-12-10-8-6-4-2/h18-19,21-22,28H,3-17,20,23-25H2,1-2H3,(H,32,33). The van der Waals surface area contributed by atoms with Crippen LogP contribution >= 0.6 is 0 Å². The van der Waals surface area contributed by atoms with Crippen molar-refractivity contribution in [2.24, 2.45) is 0 Å². The van der Waals surface area contributed by atoms with Crippen LogP contribution in [-0.2, 0) is 14.3 Å². The number of hydrogen-bond acceptors (Lipinski definition) is 5. The molecule has 0 aliphatic carbocycles. The molecule has 0 heterocycles. The monoisotopic (exact) mass is 506 g/mol. The zero-order chi connectivity index (χ0) is 26.3. The van der Waals surface area contributed by atoms with Crippen LogP contribution in [0.5, 0.6) is 11.5 Å². The highest BCUT2D eigenvalue weighted by atomic mass is 16.6. The van der Waals surface area contributed by atoms with Gasteiger partial charge in [0, 0.05) is 0 Å². The number of carbonyl (C=O) groups is 2. The Labute approximate surface area is 219 Å². The zero-order valence-electron chi connectivity index (χ0n) is 22.8. The molecule has 0 amide bonds. The van der Waals surface area contributed by atoms with Crippen molar-refractivity contribution in [3.63, 3.8) is 0 Å². The van der Waals surface area contributed by atoms with Gasteiger partial charge in [0.05, 0.1) is 6.61 Å². The maximum absolute atomic E-state index is 12.1. The minimum Gasteiger partial charge on any atom is -0.479 e. The third-order valence-electron chi connectivity index (χ3n) is 6.32. The lowest BCUT2D eigenvalue weighted by Gasteiger charge is -2.18. The molecule has 6 nitrogen and oxygen atoms in total. The van der Waals surface area contributed by atoms with Crippen molar-refractivity contribution in [3.8, 4) is 11.5 Å². The molecule has 0 aromatic heterocycles. The Morgan fingerprint density at radius 1 is 0.722 bits per heavy atom. The van der Waals surface area contributed by atoms with Crippen molar-refractivity contribution in [1.29, 1.82) is 0 Å². The molecule has 0 bridgehead atoms. The zero-order valence-corrected chi connectivity index (χ0v) is 22.8. The van der Waals surface area contributed by atoms with Crippen LogP contribution in [0, 0.1) is 0 Å². The maximum Gasteiger partial charge on any atom is 0.344 e. The second kappa shape index (κ2) is 22.0. The maximum atomic E-state index is 12.1. The summed E-state index contributed by atoms with van der Waals surface area (Å²) in [6, 6.07) is 6.88. The van der Waals surface area contributed by atoms with Gasteiger partial charge in [0.25, 0.3) is 0 Å². The Balaban J connectivity index is 2.31. The number of para-hydroxylation sites is 2. The average molecular weight is 507 g/mol. The summed E-state index contributed by atoms with van der Waals surface area (Å²) in [7, 11) is 0. The minimum atomic E-state index is -0.988. The first-order valence-corrected chi connectivity index (χ1v) is 14.3. The smallest absolute Gasteiger partial charge is 0.344 e. The van der Waals surface area contributed by atoms with Crippen LogP contribution < -0.4 is 9.47 Å². The topological polar surface area (TPSA) is 82.1 Å². The van der Waals surface area contributed by atoms with Crippen LogP contribution in [0.15, 0.2) is 24.3 Å². The fraction of sp³-hybridized carbons (Fsp3) is 0.733. The fourth-order valence-corrected chi connectivity index (χ4v) is 4.12. The van der Waals surface area contributed by atoms with E-state index in [1.54, 1.807) is 24.3 Å². The van der Waals surface area contributed by atoms with E-state index in [2.05, 4.69) is 13.8 Å². The van der Waals surface area contributed by atoms with E-state index in [0.29, 0.717) is 24.5 Å². The highest BCUT2D eigenvalue weighted by Gasteiger charge is 2.21. The highest BCUT2D eigenvalue weighted by molar-refractivity contribution is 5.73. The Kier molecular flexibility index (Phi) is 19.4. The van der Waals surface area contributed by atoms with E-state index in [4.69, 9.17) is 14.2 Å². The summed E-state index contributed by atoms with van der Waals surface area (Å²) in [4.78, 5) is 23.8. The predicted molar refractivity (Wildman–Crippen MR) is 145 cm³/mol. The summed E-state index contributed by atoms with van der Waals surface area (Å²) in [5, 5.41) is 9.62. The molecule has 0 radical (unpaired) electrons. The number of esters is 1. The quantitative estimate of drug-likeness (QED) is 0.113. The first-order valence-electron chi connectivity index (χ1n) is 14.3. The molecule has 36 heavy (non-hydrogen) atoms. The first kappa shape index (κ1) is 31.8. The molecule has 0 spiro atoms. The van der Waals surface area contributed by atoms with E-state index in [1.165, 1.54) is 70.6 Å². The van der Waals surface area contributed by atoms with E-state index < -0.39 is 18.0 Å². The summed E-state index contributed by atoms with van der Waals surface area (Å²) in [5.74, 6) is -0.733. The number of ether oxygens (including phenoxy) is 3. The molecule has 0 aliphatic rings. The van der Waals surface area contributed by atoms with Gasteiger partial charge < -0.3 is 19.3 Å². The van der Waals surface area contributed by atoms with E-state index in [9.17, 15) is 14.7 Å². The largest absolute Gasteiger partial charge is 0.479 e. The molecule has 1 N–H and O–H groups in total. The van der Waals surface area contributed by atoms with Gasteiger partial charge in [-0.3, -0.25) is 0 Å². The molecule has 1 aromatic carbocycles. The Morgan fingerprint density at radius 2 is 1.22 bits per heavy atom. The van der Waals surface area contributed by atoms with Gasteiger partial charge in [-0.05, 0) is 31.4 Å². The second-order valence-electron chi connectivity index (χ2n) is 9.64. The van der Waals surface area contributed by atoms with E-state index in [0.717, 1.165) is 32.1 Å². The third-order valence-corrected chi connectivity index (χ3v) is 6.32. The lowest BCUT2D eigenvalue weighted by molar-refractivity contribution is -0.147. The van der Waals surface area contributed by atoms with Crippen molar-refractivity contribution in [3.05, 3.63) is 24.3 Å². The molecule has 0 saturated carbocycles. The van der Waals surface area contributed by atoms with Crippen LogP contribution in [0.3, 0.4) is 0 Å². The van der Waals surface area contributed by atoms with Crippen molar-refractivity contribution in [2.75, 3.05) is 13.2 Å². The molecule has 0 fully saturated rings. The minimum absolute atomic E-state index is 0.229. The lowest BCUT2D eigenvalue weighted by Crippen LogP contribution is -2.27. The molecule has 0 aliphatic heterocycles. The number of carboxylic acid groups (broad SMARTS) is 1. The van der Waals surface area contributed by atoms with Crippen molar-refractivity contribution >= 4 is 11.9 Å². The molecular weight excluding hydrogens is 456 g/mol. The van der Waals surface area contributed by atoms with E-state index >= 15 is 0 Å². The summed E-state index contributed by atoms with van der Waals surface area (Å²) in [5.41, 5.74) is 0. The van der Waals surface area contributed by atoms with Crippen molar-refractivity contribution in [1.82, 2.24) is 0 Å². The summed E-state index contributed by atoms with van der Waals surface area (Å²) in [6.45, 7) is 4.59. The Bertz CT molecular complexity index is 690. The van der Waals surface area contributed by atoms with Crippen LogP contribution in [0.1, 0.15) is 123 Å². The highest BCUT2D eigenvalue weighted by Crippen LogP contribution is 2.28. The van der Waals surface area contributed by atoms with Crippen LogP contribution in [0.4, 0.5) is 0 Å². The first-order chi connectivity index (χ1) is 17.6. The number of hydrogen-bond donors (Lipinski definition) is 1. The van der Waals surface area contributed by atoms with Gasteiger partial charge in [0.2, 0.25) is 0 Å². The number of benzene rings is 1. The van der Waals surface area contributed by atoms with E-state index in [-0.39, 0.29) is 6.61 Å². The van der Waals surface area contributed by atoms with Gasteiger partial charge in [0.15, 0.2) is 24.2 Å². The normalized spacial score (nSPS) is 11.7. The summed E-state index contributed by atoms with van der Waals surface area (Å²) >= 11 is 0. The molecular formula is C30H50O6. The predicted octanol–water partition coefficient (Wildman–Crippen LogP) is 8.11. The average Bonchev–Trinajstić information content (AvgIpc) is 2.87. The molecule has 206 valence electrons. The molecule has 1 atom stereocenters. The van der Waals surface area contributed by atoms with Gasteiger partial charge in [-0.1, -0.05) is 116 Å². The van der Waals surface area contributed by atoms with Crippen LogP contribution in [0.2, 0.25) is 0 Å².